The van der Waals surface area contributed by atoms with E-state index in [4.69, 9.17) is 9.84 Å². The number of rotatable bonds is 7. The fraction of sp³-hybridized carbons (Fsp3) is 0.643. The molecule has 1 aliphatic carbocycles. The summed E-state index contributed by atoms with van der Waals surface area (Å²) in [7, 11) is -2.16. The van der Waals surface area contributed by atoms with Crippen molar-refractivity contribution in [2.45, 2.75) is 37.1 Å². The van der Waals surface area contributed by atoms with E-state index in [-0.39, 0.29) is 22.4 Å². The van der Waals surface area contributed by atoms with Crippen LogP contribution in [-0.4, -0.2) is 50.1 Å². The zero-order valence-corrected chi connectivity index (χ0v) is 14.3. The lowest BCUT2D eigenvalue weighted by molar-refractivity contribution is 0.0702. The summed E-state index contributed by atoms with van der Waals surface area (Å²) in [6.45, 7) is 2.72. The molecule has 6 nitrogen and oxygen atoms in total. The number of carbonyl (C=O) groups is 1. The largest absolute Gasteiger partial charge is 0.477 e. The average Bonchev–Trinajstić information content (AvgIpc) is 3.08. The Kier molecular flexibility index (Phi) is 5.60. The molecule has 1 aromatic heterocycles. The van der Waals surface area contributed by atoms with E-state index in [0.717, 1.165) is 30.6 Å². The Morgan fingerprint density at radius 3 is 2.73 bits per heavy atom. The lowest BCUT2D eigenvalue weighted by Crippen LogP contribution is -2.41. The maximum atomic E-state index is 12.9. The Labute approximate surface area is 134 Å². The van der Waals surface area contributed by atoms with Gasteiger partial charge in [0.15, 0.2) is 0 Å². The monoisotopic (exact) mass is 347 g/mol. The molecular formula is C14H21NO5S2. The van der Waals surface area contributed by atoms with E-state index in [1.54, 1.807) is 0 Å². The Hall–Kier alpha value is -0.960. The van der Waals surface area contributed by atoms with Crippen LogP contribution in [0.4, 0.5) is 0 Å². The van der Waals surface area contributed by atoms with Gasteiger partial charge in [-0.3, -0.25) is 0 Å². The summed E-state index contributed by atoms with van der Waals surface area (Å²) in [4.78, 5) is 11.1. The highest BCUT2D eigenvalue weighted by atomic mass is 32.2. The minimum Gasteiger partial charge on any atom is -0.477 e. The third kappa shape index (κ3) is 3.68. The summed E-state index contributed by atoms with van der Waals surface area (Å²) in [5.41, 5.74) is 0. The summed E-state index contributed by atoms with van der Waals surface area (Å²) in [5.74, 6) is -0.605. The van der Waals surface area contributed by atoms with E-state index in [2.05, 4.69) is 6.92 Å². The quantitative estimate of drug-likeness (QED) is 0.818. The molecule has 0 aliphatic heterocycles. The van der Waals surface area contributed by atoms with E-state index in [0.29, 0.717) is 12.5 Å². The minimum absolute atomic E-state index is 0.0325. The first-order valence-corrected chi connectivity index (χ1v) is 9.51. The average molecular weight is 347 g/mol. The maximum Gasteiger partial charge on any atom is 0.345 e. The summed E-state index contributed by atoms with van der Waals surface area (Å²) in [6.07, 6.45) is 2.67. The number of hydrogen-bond acceptors (Lipinski definition) is 5. The molecule has 124 valence electrons. The minimum atomic E-state index is -3.69. The highest BCUT2D eigenvalue weighted by Crippen LogP contribution is 2.33. The molecule has 22 heavy (non-hydrogen) atoms. The van der Waals surface area contributed by atoms with Gasteiger partial charge in [0, 0.05) is 25.1 Å². The van der Waals surface area contributed by atoms with Crippen LogP contribution in [0.1, 0.15) is 35.9 Å². The van der Waals surface area contributed by atoms with E-state index < -0.39 is 16.0 Å². The first kappa shape index (κ1) is 17.4. The first-order valence-electron chi connectivity index (χ1n) is 7.19. The van der Waals surface area contributed by atoms with Crippen molar-refractivity contribution in [3.63, 3.8) is 0 Å². The van der Waals surface area contributed by atoms with E-state index in [1.165, 1.54) is 22.9 Å². The second-order valence-electron chi connectivity index (χ2n) is 5.63. The molecule has 0 saturated heterocycles. The predicted octanol–water partition coefficient (Wildman–Crippen LogP) is 2.27. The lowest BCUT2D eigenvalue weighted by atomic mass is 10.1. The van der Waals surface area contributed by atoms with Gasteiger partial charge < -0.3 is 9.84 Å². The molecule has 8 heteroatoms. The van der Waals surface area contributed by atoms with E-state index in [9.17, 15) is 13.2 Å². The van der Waals surface area contributed by atoms with Crippen molar-refractivity contribution in [3.8, 4) is 0 Å². The van der Waals surface area contributed by atoms with Gasteiger partial charge in [0.05, 0.1) is 11.5 Å². The van der Waals surface area contributed by atoms with Crippen LogP contribution in [0.3, 0.4) is 0 Å². The third-order valence-corrected chi connectivity index (χ3v) is 6.98. The van der Waals surface area contributed by atoms with Crippen LogP contribution in [0.25, 0.3) is 0 Å². The highest BCUT2D eigenvalue weighted by molar-refractivity contribution is 7.89. The maximum absolute atomic E-state index is 12.9. The molecule has 0 spiro atoms. The molecule has 0 radical (unpaired) electrons. The zero-order chi connectivity index (χ0) is 16.3. The van der Waals surface area contributed by atoms with Gasteiger partial charge in [0.25, 0.3) is 0 Å². The Morgan fingerprint density at radius 2 is 2.23 bits per heavy atom. The van der Waals surface area contributed by atoms with Crippen molar-refractivity contribution in [1.29, 1.82) is 0 Å². The smallest absolute Gasteiger partial charge is 0.345 e. The van der Waals surface area contributed by atoms with Gasteiger partial charge in [-0.1, -0.05) is 6.92 Å². The van der Waals surface area contributed by atoms with Crippen molar-refractivity contribution in [2.75, 3.05) is 20.3 Å². The predicted molar refractivity (Wildman–Crippen MR) is 83.8 cm³/mol. The van der Waals surface area contributed by atoms with Crippen LogP contribution in [0.15, 0.2) is 16.3 Å². The number of hydrogen-bond donors (Lipinski definition) is 1. The number of methoxy groups -OCH3 is 1. The molecule has 1 aromatic rings. The number of carboxylic acids is 1. The van der Waals surface area contributed by atoms with Crippen molar-refractivity contribution in [1.82, 2.24) is 4.31 Å². The summed E-state index contributed by atoms with van der Waals surface area (Å²) < 4.78 is 32.2. The fourth-order valence-corrected chi connectivity index (χ4v) is 5.57. The number of aromatic carboxylic acids is 1. The number of thiophene rings is 1. The highest BCUT2D eigenvalue weighted by Gasteiger charge is 2.35. The molecule has 2 atom stereocenters. The molecule has 1 saturated carbocycles. The van der Waals surface area contributed by atoms with Gasteiger partial charge >= 0.3 is 5.97 Å². The lowest BCUT2D eigenvalue weighted by Gasteiger charge is -2.27. The van der Waals surface area contributed by atoms with E-state index >= 15 is 0 Å². The number of sulfonamides is 1. The van der Waals surface area contributed by atoms with Crippen molar-refractivity contribution in [3.05, 3.63) is 16.3 Å². The van der Waals surface area contributed by atoms with Gasteiger partial charge in [-0.15, -0.1) is 11.3 Å². The van der Waals surface area contributed by atoms with Gasteiger partial charge in [-0.05, 0) is 31.2 Å². The molecule has 1 fully saturated rings. The summed E-state index contributed by atoms with van der Waals surface area (Å²) >= 11 is 0.932. The van der Waals surface area contributed by atoms with Crippen LogP contribution in [0, 0.1) is 5.92 Å². The van der Waals surface area contributed by atoms with Crippen LogP contribution in [0.2, 0.25) is 0 Å². The Morgan fingerprint density at radius 1 is 1.50 bits per heavy atom. The normalized spacial score (nSPS) is 22.3. The van der Waals surface area contributed by atoms with Gasteiger partial charge in [0.2, 0.25) is 10.0 Å². The topological polar surface area (TPSA) is 83.9 Å². The second kappa shape index (κ2) is 7.08. The van der Waals surface area contributed by atoms with Crippen LogP contribution >= 0.6 is 11.3 Å². The molecule has 1 N–H and O–H groups in total. The van der Waals surface area contributed by atoms with Crippen LogP contribution in [-0.2, 0) is 14.8 Å². The second-order valence-corrected chi connectivity index (χ2v) is 8.43. The van der Waals surface area contributed by atoms with Crippen LogP contribution in [0.5, 0.6) is 0 Å². The zero-order valence-electron chi connectivity index (χ0n) is 12.7. The van der Waals surface area contributed by atoms with Gasteiger partial charge in [-0.2, -0.15) is 4.31 Å². The molecule has 2 rings (SSSR count). The summed E-state index contributed by atoms with van der Waals surface area (Å²) in [5, 5.41) is 10.4. The molecule has 0 aromatic carbocycles. The number of carboxylic acid groups (broad SMARTS) is 1. The third-order valence-electron chi connectivity index (χ3n) is 3.98. The number of ether oxygens (including phenoxy) is 1. The van der Waals surface area contributed by atoms with Crippen molar-refractivity contribution >= 4 is 27.3 Å². The van der Waals surface area contributed by atoms with Crippen LogP contribution < -0.4 is 0 Å². The van der Waals surface area contributed by atoms with E-state index in [1.807, 2.05) is 0 Å². The SMILES string of the molecule is COCCN(C1CCC(C)C1)S(=O)(=O)c1csc(C(=O)O)c1. The molecule has 1 heterocycles. The van der Waals surface area contributed by atoms with Gasteiger partial charge in [0.1, 0.15) is 4.88 Å². The molecule has 0 amide bonds. The molecular weight excluding hydrogens is 326 g/mol. The van der Waals surface area contributed by atoms with Crippen molar-refractivity contribution < 1.29 is 23.1 Å². The Bertz CT molecular complexity index is 625. The standard InChI is InChI=1S/C14H21NO5S2/c1-10-3-4-11(7-10)15(5-6-20-2)22(18,19)12-8-13(14(16)17)21-9-12/h8-11H,3-7H2,1-2H3,(H,16,17). The summed E-state index contributed by atoms with van der Waals surface area (Å²) in [6, 6.07) is 1.20. The fourth-order valence-electron chi connectivity index (χ4n) is 2.82. The number of nitrogens with zero attached hydrogens (tertiary/aromatic N) is 1. The molecule has 2 unspecified atom stereocenters. The van der Waals surface area contributed by atoms with Gasteiger partial charge in [-0.25, -0.2) is 13.2 Å². The molecule has 0 bridgehead atoms. The Balaban J connectivity index is 2.29. The molecule has 1 aliphatic rings. The first-order chi connectivity index (χ1) is 10.4. The van der Waals surface area contributed by atoms with Crippen molar-refractivity contribution in [2.24, 2.45) is 5.92 Å².